The fourth-order valence-electron chi connectivity index (χ4n) is 5.59. The highest BCUT2D eigenvalue weighted by molar-refractivity contribution is 5.98. The van der Waals surface area contributed by atoms with Crippen molar-refractivity contribution in [2.75, 3.05) is 19.7 Å². The van der Waals surface area contributed by atoms with Crippen molar-refractivity contribution in [2.45, 2.75) is 36.0 Å². The quantitative estimate of drug-likeness (QED) is 0.192. The van der Waals surface area contributed by atoms with E-state index in [0.29, 0.717) is 18.8 Å². The number of guanidine groups is 2. The Labute approximate surface area is 216 Å². The maximum atomic E-state index is 13.2. The molecular formula is C23H26N10O5. The van der Waals surface area contributed by atoms with Gasteiger partial charge in [-0.3, -0.25) is 14.6 Å². The van der Waals surface area contributed by atoms with E-state index in [2.05, 4.69) is 35.9 Å². The van der Waals surface area contributed by atoms with Gasteiger partial charge in [-0.15, -0.1) is 0 Å². The van der Waals surface area contributed by atoms with Crippen LogP contribution < -0.4 is 32.2 Å². The molecule has 38 heavy (non-hydrogen) atoms. The Balaban J connectivity index is 1.26. The van der Waals surface area contributed by atoms with Crippen LogP contribution in [0.25, 0.3) is 0 Å². The molecule has 1 saturated heterocycles. The average molecular weight is 523 g/mol. The number of nitrogens with zero attached hydrogens (tertiary/aromatic N) is 5. The van der Waals surface area contributed by atoms with Gasteiger partial charge in [0, 0.05) is 31.9 Å². The lowest BCUT2D eigenvalue weighted by Gasteiger charge is -2.49. The lowest BCUT2D eigenvalue weighted by molar-refractivity contribution is -0.230. The molecule has 0 saturated carbocycles. The highest BCUT2D eigenvalue weighted by atomic mass is 16.5. The van der Waals surface area contributed by atoms with Crippen molar-refractivity contribution in [1.29, 1.82) is 0 Å². The zero-order valence-electron chi connectivity index (χ0n) is 20.0. The van der Waals surface area contributed by atoms with Crippen LogP contribution in [0, 0.1) is 0 Å². The molecule has 5 heterocycles. The van der Waals surface area contributed by atoms with Gasteiger partial charge in [0.25, 0.3) is 11.8 Å². The lowest BCUT2D eigenvalue weighted by Crippen LogP contribution is -2.78. The third-order valence-electron chi connectivity index (χ3n) is 7.33. The first kappa shape index (κ1) is 23.9. The number of rotatable bonds is 5. The zero-order chi connectivity index (χ0) is 26.7. The van der Waals surface area contributed by atoms with Crippen LogP contribution in [0.4, 0.5) is 0 Å². The second-order valence-electron chi connectivity index (χ2n) is 9.46. The first-order valence-electron chi connectivity index (χ1n) is 12.0. The van der Waals surface area contributed by atoms with E-state index in [9.17, 15) is 19.8 Å². The van der Waals surface area contributed by atoms with E-state index in [0.717, 1.165) is 5.56 Å². The van der Waals surface area contributed by atoms with E-state index in [4.69, 9.17) is 16.2 Å². The first-order valence-corrected chi connectivity index (χ1v) is 12.0. The number of nitrogens with two attached hydrogens (primary N) is 2. The van der Waals surface area contributed by atoms with Gasteiger partial charge in [0.05, 0.1) is 24.4 Å². The Morgan fingerprint density at radius 2 is 2.05 bits per heavy atom. The molecule has 1 spiro atoms. The largest absolute Gasteiger partial charge is 0.492 e. The van der Waals surface area contributed by atoms with Crippen molar-refractivity contribution in [3.8, 4) is 5.75 Å². The number of carbonyl (C=O) groups is 2. The minimum absolute atomic E-state index is 0.0365. The Hall–Kier alpha value is -4.50. The normalized spacial score (nSPS) is 28.2. The summed E-state index contributed by atoms with van der Waals surface area (Å²) in [4.78, 5) is 43.9. The smallest absolute Gasteiger partial charge is 0.271 e. The fraction of sp³-hybridized carbons (Fsp3) is 0.391. The van der Waals surface area contributed by atoms with Gasteiger partial charge in [-0.2, -0.15) is 0 Å². The summed E-state index contributed by atoms with van der Waals surface area (Å²) in [5.41, 5.74) is 11.8. The summed E-state index contributed by atoms with van der Waals surface area (Å²) in [5, 5.41) is 31.4. The average Bonchev–Trinajstić information content (AvgIpc) is 3.58. The van der Waals surface area contributed by atoms with Gasteiger partial charge < -0.3 is 47.3 Å². The monoisotopic (exact) mass is 522 g/mol. The topological polar surface area (TPSA) is 226 Å². The van der Waals surface area contributed by atoms with Gasteiger partial charge in [-0.1, -0.05) is 12.1 Å². The number of nitrogens with one attached hydrogen (secondary N) is 3. The van der Waals surface area contributed by atoms with Crippen LogP contribution in [-0.4, -0.2) is 98.1 Å². The zero-order valence-corrected chi connectivity index (χ0v) is 20.0. The molecule has 0 bridgehead atoms. The molecule has 2 amide bonds. The maximum Gasteiger partial charge on any atom is 0.271 e. The molecule has 4 atom stereocenters. The molecule has 2 unspecified atom stereocenters. The summed E-state index contributed by atoms with van der Waals surface area (Å²) in [6, 6.07) is 2.23. The van der Waals surface area contributed by atoms with E-state index >= 15 is 0 Å². The number of fused-ring (bicyclic) bond motifs is 1. The molecule has 198 valence electrons. The number of ether oxygens (including phenoxy) is 1. The van der Waals surface area contributed by atoms with Crippen molar-refractivity contribution in [3.05, 3.63) is 53.6 Å². The molecule has 0 radical (unpaired) electrons. The van der Waals surface area contributed by atoms with Crippen LogP contribution in [0.1, 0.15) is 26.4 Å². The number of aliphatic imine (C=N–C) groups is 2. The predicted octanol–water partition coefficient (Wildman–Crippen LogP) is -3.38. The second kappa shape index (κ2) is 8.53. The van der Waals surface area contributed by atoms with Crippen LogP contribution in [0.3, 0.4) is 0 Å². The summed E-state index contributed by atoms with van der Waals surface area (Å²) >= 11 is 0. The minimum Gasteiger partial charge on any atom is -0.492 e. The molecule has 1 fully saturated rings. The molecule has 9 N–H and O–H groups in total. The molecule has 4 aliphatic heterocycles. The van der Waals surface area contributed by atoms with Gasteiger partial charge in [0.1, 0.15) is 23.5 Å². The molecule has 6 rings (SSSR count). The number of hydrogen-bond acceptors (Lipinski definition) is 13. The number of hydrogen-bond donors (Lipinski definition) is 7. The van der Waals surface area contributed by atoms with Gasteiger partial charge in [-0.25, -0.2) is 15.0 Å². The van der Waals surface area contributed by atoms with E-state index < -0.39 is 41.4 Å². The third kappa shape index (κ3) is 3.42. The van der Waals surface area contributed by atoms with Crippen molar-refractivity contribution in [1.82, 2.24) is 30.8 Å². The molecule has 1 aromatic heterocycles. The summed E-state index contributed by atoms with van der Waals surface area (Å²) in [7, 11) is 0. The van der Waals surface area contributed by atoms with Gasteiger partial charge in [-0.05, 0) is 11.6 Å². The van der Waals surface area contributed by atoms with Crippen LogP contribution in [0.2, 0.25) is 0 Å². The number of amides is 2. The Morgan fingerprint density at radius 1 is 1.21 bits per heavy atom. The third-order valence-corrected chi connectivity index (χ3v) is 7.33. The highest BCUT2D eigenvalue weighted by Crippen LogP contribution is 2.44. The maximum absolute atomic E-state index is 13.2. The summed E-state index contributed by atoms with van der Waals surface area (Å²) < 4.78 is 5.63. The van der Waals surface area contributed by atoms with Crippen LogP contribution in [0.15, 0.2) is 46.8 Å². The Bertz CT molecular complexity index is 1370. The number of aromatic nitrogens is 2. The molecule has 2 aromatic rings. The first-order chi connectivity index (χ1) is 18.2. The standard InChI is InChI=1S/C23H26N10O5/c24-20-31-17-13(9-28-19(35)14-8-26-5-6-27-14)29-21(25)33-10-15(23(36,37)22(17,33)32-20)30-18(34)12-3-1-2-11-4-7-38-16(11)12/h1-3,5-6,8,13,15,17,36-37H,4,7,9-10H2,(H2,25,29)(H,28,35)(H,30,34)(H3,24,31,32)/t13-,15-,17?,22?/m0/s1. The van der Waals surface area contributed by atoms with E-state index in [1.165, 1.54) is 23.5 Å². The Morgan fingerprint density at radius 3 is 2.84 bits per heavy atom. The minimum atomic E-state index is -2.61. The number of benzene rings is 1. The molecule has 15 heteroatoms. The molecular weight excluding hydrogens is 496 g/mol. The van der Waals surface area contributed by atoms with Crippen LogP contribution in [-0.2, 0) is 6.42 Å². The number of carbonyl (C=O) groups excluding carboxylic acids is 2. The molecule has 1 aromatic carbocycles. The summed E-state index contributed by atoms with van der Waals surface area (Å²) in [6.45, 7) is 0.304. The van der Waals surface area contributed by atoms with Crippen LogP contribution >= 0.6 is 0 Å². The predicted molar refractivity (Wildman–Crippen MR) is 132 cm³/mol. The van der Waals surface area contributed by atoms with E-state index in [1.54, 1.807) is 12.1 Å². The molecule has 15 nitrogen and oxygen atoms in total. The van der Waals surface area contributed by atoms with Gasteiger partial charge in [0.2, 0.25) is 5.79 Å². The fourth-order valence-corrected chi connectivity index (χ4v) is 5.59. The van der Waals surface area contributed by atoms with Crippen molar-refractivity contribution < 1.29 is 24.5 Å². The second-order valence-corrected chi connectivity index (χ2v) is 9.46. The van der Waals surface area contributed by atoms with Gasteiger partial charge in [0.15, 0.2) is 17.6 Å². The van der Waals surface area contributed by atoms with Crippen molar-refractivity contribution in [3.63, 3.8) is 0 Å². The highest BCUT2D eigenvalue weighted by Gasteiger charge is 2.73. The lowest BCUT2D eigenvalue weighted by atomic mass is 9.85. The van der Waals surface area contributed by atoms with Crippen LogP contribution in [0.5, 0.6) is 5.75 Å². The van der Waals surface area contributed by atoms with Crippen molar-refractivity contribution >= 4 is 23.7 Å². The molecule has 0 aliphatic carbocycles. The SMILES string of the molecule is NC1=NC2[C@H](CNC(=O)c3cnccn3)N=C(N)N3C[C@H](NC(=O)c4cccc5c4OCC5)C(O)(O)C23N1. The van der Waals surface area contributed by atoms with Crippen molar-refractivity contribution in [2.24, 2.45) is 21.5 Å². The van der Waals surface area contributed by atoms with E-state index in [1.807, 2.05) is 6.07 Å². The number of aliphatic hydroxyl groups is 2. The molecule has 4 aliphatic rings. The number of para-hydroxylation sites is 1. The summed E-state index contributed by atoms with van der Waals surface area (Å²) in [5.74, 6) is -3.27. The van der Waals surface area contributed by atoms with Gasteiger partial charge >= 0.3 is 0 Å². The summed E-state index contributed by atoms with van der Waals surface area (Å²) in [6.07, 6.45) is 4.83. The van der Waals surface area contributed by atoms with E-state index in [-0.39, 0.29) is 36.3 Å². The Kier molecular flexibility index (Phi) is 5.36.